The number of hydrogen-bond donors (Lipinski definition) is 1. The molecule has 4 rings (SSSR count). The van der Waals surface area contributed by atoms with E-state index in [2.05, 4.69) is 5.32 Å². The van der Waals surface area contributed by atoms with Gasteiger partial charge in [-0.3, -0.25) is 9.59 Å². The molecule has 2 aliphatic heterocycles. The zero-order chi connectivity index (χ0) is 18.8. The van der Waals surface area contributed by atoms with Crippen LogP contribution < -0.4 is 19.7 Å². The van der Waals surface area contributed by atoms with E-state index in [0.717, 1.165) is 6.42 Å². The molecule has 2 heterocycles. The number of para-hydroxylation sites is 1. The summed E-state index contributed by atoms with van der Waals surface area (Å²) in [6.45, 7) is 1.30. The fourth-order valence-corrected chi connectivity index (χ4v) is 3.27. The molecule has 2 aromatic carbocycles. The average molecular weight is 370 g/mol. The molecule has 1 N–H and O–H groups in total. The lowest BCUT2D eigenvalue weighted by atomic mass is 10.1. The van der Waals surface area contributed by atoms with Crippen LogP contribution in [0.1, 0.15) is 12.8 Å². The minimum absolute atomic E-state index is 0.0463. The van der Waals surface area contributed by atoms with Gasteiger partial charge in [0.2, 0.25) is 11.8 Å². The van der Waals surface area contributed by atoms with Crippen molar-refractivity contribution >= 4 is 23.2 Å². The average Bonchev–Trinajstić information content (AvgIpc) is 2.89. The van der Waals surface area contributed by atoms with Gasteiger partial charge in [-0.15, -0.1) is 0 Å². The number of nitrogens with zero attached hydrogens (tertiary/aromatic N) is 1. The number of fused-ring (bicyclic) bond motifs is 1. The van der Waals surface area contributed by atoms with Crippen LogP contribution >= 0.6 is 0 Å². The van der Waals surface area contributed by atoms with Gasteiger partial charge in [-0.05, 0) is 24.3 Å². The van der Waals surface area contributed by atoms with Crippen LogP contribution in [0.3, 0.4) is 0 Å². The topological polar surface area (TPSA) is 67.9 Å². The third-order valence-electron chi connectivity index (χ3n) is 4.65. The van der Waals surface area contributed by atoms with Crippen LogP contribution in [0.4, 0.5) is 15.8 Å². The maximum absolute atomic E-state index is 14.0. The van der Waals surface area contributed by atoms with Crippen molar-refractivity contribution in [2.24, 2.45) is 5.92 Å². The smallest absolute Gasteiger partial charge is 0.229 e. The van der Waals surface area contributed by atoms with Crippen molar-refractivity contribution < 1.29 is 23.5 Å². The molecule has 2 amide bonds. The highest BCUT2D eigenvalue weighted by Crippen LogP contribution is 2.33. The second kappa shape index (κ2) is 7.26. The van der Waals surface area contributed by atoms with E-state index in [0.29, 0.717) is 30.4 Å². The molecule has 0 aliphatic carbocycles. The van der Waals surface area contributed by atoms with E-state index in [1.54, 1.807) is 30.3 Å². The van der Waals surface area contributed by atoms with Gasteiger partial charge >= 0.3 is 0 Å². The Hall–Kier alpha value is -3.09. The van der Waals surface area contributed by atoms with E-state index in [9.17, 15) is 14.0 Å². The number of amides is 2. The number of nitrogens with one attached hydrogen (secondary N) is 1. The molecule has 0 bridgehead atoms. The summed E-state index contributed by atoms with van der Waals surface area (Å²) < 4.78 is 25.2. The first-order valence-corrected chi connectivity index (χ1v) is 8.87. The molecule has 1 fully saturated rings. The summed E-state index contributed by atoms with van der Waals surface area (Å²) in [4.78, 5) is 26.2. The molecule has 0 unspecified atom stereocenters. The molecule has 7 heteroatoms. The Kier molecular flexibility index (Phi) is 4.66. The first-order valence-electron chi connectivity index (χ1n) is 8.87. The van der Waals surface area contributed by atoms with Gasteiger partial charge in [0.25, 0.3) is 0 Å². The van der Waals surface area contributed by atoms with Crippen molar-refractivity contribution in [2.45, 2.75) is 12.8 Å². The van der Waals surface area contributed by atoms with Crippen molar-refractivity contribution in [3.8, 4) is 11.5 Å². The second-order valence-corrected chi connectivity index (χ2v) is 6.56. The Bertz CT molecular complexity index is 886. The molecule has 140 valence electrons. The molecule has 27 heavy (non-hydrogen) atoms. The summed E-state index contributed by atoms with van der Waals surface area (Å²) in [6.07, 6.45) is 0.844. The van der Waals surface area contributed by atoms with Crippen molar-refractivity contribution in [3.05, 3.63) is 48.3 Å². The maximum atomic E-state index is 14.0. The predicted octanol–water partition coefficient (Wildman–Crippen LogP) is 2.98. The van der Waals surface area contributed by atoms with Gasteiger partial charge in [0, 0.05) is 31.1 Å². The van der Waals surface area contributed by atoms with Gasteiger partial charge in [0.1, 0.15) is 5.82 Å². The Morgan fingerprint density at radius 2 is 1.89 bits per heavy atom. The van der Waals surface area contributed by atoms with Gasteiger partial charge < -0.3 is 19.7 Å². The number of ether oxygens (including phenoxy) is 2. The Morgan fingerprint density at radius 3 is 2.70 bits per heavy atom. The lowest BCUT2D eigenvalue weighted by Gasteiger charge is -2.17. The molecule has 2 aliphatic rings. The van der Waals surface area contributed by atoms with E-state index in [1.165, 1.54) is 17.0 Å². The van der Waals surface area contributed by atoms with Gasteiger partial charge in [0.05, 0.1) is 24.8 Å². The molecule has 2 aromatic rings. The SMILES string of the molecule is O=C(Nc1ccc2c(c1)OCCCO2)[C@@H]1CC(=O)N(c2ccccc2F)C1. The number of anilines is 2. The summed E-state index contributed by atoms with van der Waals surface area (Å²) in [7, 11) is 0. The zero-order valence-electron chi connectivity index (χ0n) is 14.6. The Balaban J connectivity index is 1.46. The molecule has 6 nitrogen and oxygen atoms in total. The summed E-state index contributed by atoms with van der Waals surface area (Å²) in [5, 5.41) is 2.81. The van der Waals surface area contributed by atoms with E-state index in [-0.39, 0.29) is 30.5 Å². The monoisotopic (exact) mass is 370 g/mol. The highest BCUT2D eigenvalue weighted by atomic mass is 19.1. The third-order valence-corrected chi connectivity index (χ3v) is 4.65. The molecule has 1 saturated heterocycles. The van der Waals surface area contributed by atoms with E-state index in [1.807, 2.05) is 0 Å². The standard InChI is InChI=1S/C20H19FN2O4/c21-15-4-1-2-5-16(15)23-12-13(10-19(23)24)20(25)22-14-6-7-17-18(11-14)27-9-3-8-26-17/h1-2,4-7,11,13H,3,8-10,12H2,(H,22,25)/t13-/m1/s1. The van der Waals surface area contributed by atoms with E-state index >= 15 is 0 Å². The van der Waals surface area contributed by atoms with E-state index in [4.69, 9.17) is 9.47 Å². The van der Waals surface area contributed by atoms with Crippen molar-refractivity contribution in [1.82, 2.24) is 0 Å². The molecule has 0 spiro atoms. The van der Waals surface area contributed by atoms with Crippen molar-refractivity contribution in [3.63, 3.8) is 0 Å². The van der Waals surface area contributed by atoms with Crippen LogP contribution in [0.5, 0.6) is 11.5 Å². The quantitative estimate of drug-likeness (QED) is 0.902. The minimum Gasteiger partial charge on any atom is -0.490 e. The fourth-order valence-electron chi connectivity index (χ4n) is 3.27. The first-order chi connectivity index (χ1) is 13.1. The van der Waals surface area contributed by atoms with Crippen LogP contribution in [-0.4, -0.2) is 31.6 Å². The number of benzene rings is 2. The van der Waals surface area contributed by atoms with Crippen molar-refractivity contribution in [2.75, 3.05) is 30.0 Å². The maximum Gasteiger partial charge on any atom is 0.229 e. The number of carbonyl (C=O) groups is 2. The summed E-state index contributed by atoms with van der Waals surface area (Å²) in [5.74, 6) is -0.341. The summed E-state index contributed by atoms with van der Waals surface area (Å²) in [5.41, 5.74) is 0.773. The highest BCUT2D eigenvalue weighted by Gasteiger charge is 2.36. The second-order valence-electron chi connectivity index (χ2n) is 6.56. The molecule has 0 radical (unpaired) electrons. The lowest BCUT2D eigenvalue weighted by molar-refractivity contribution is -0.122. The molecular formula is C20H19FN2O4. The zero-order valence-corrected chi connectivity index (χ0v) is 14.6. The van der Waals surface area contributed by atoms with Crippen molar-refractivity contribution in [1.29, 1.82) is 0 Å². The number of carbonyl (C=O) groups excluding carboxylic acids is 2. The molecular weight excluding hydrogens is 351 g/mol. The van der Waals surface area contributed by atoms with Crippen LogP contribution in [0.15, 0.2) is 42.5 Å². The van der Waals surface area contributed by atoms with Crippen LogP contribution in [0.2, 0.25) is 0 Å². The van der Waals surface area contributed by atoms with Gasteiger partial charge in [-0.2, -0.15) is 0 Å². The number of halogens is 1. The van der Waals surface area contributed by atoms with Crippen LogP contribution in [0.25, 0.3) is 0 Å². The normalized spacial score (nSPS) is 18.9. The number of rotatable bonds is 3. The highest BCUT2D eigenvalue weighted by molar-refractivity contribution is 6.03. The third kappa shape index (κ3) is 3.58. The molecule has 0 saturated carbocycles. The predicted molar refractivity (Wildman–Crippen MR) is 97.5 cm³/mol. The van der Waals surface area contributed by atoms with Crippen LogP contribution in [0, 0.1) is 11.7 Å². The van der Waals surface area contributed by atoms with Gasteiger partial charge in [-0.25, -0.2) is 4.39 Å². The first kappa shape index (κ1) is 17.3. The molecule has 0 aromatic heterocycles. The summed E-state index contributed by atoms with van der Waals surface area (Å²) in [6, 6.07) is 11.3. The van der Waals surface area contributed by atoms with E-state index < -0.39 is 11.7 Å². The van der Waals surface area contributed by atoms with Crippen LogP contribution in [-0.2, 0) is 9.59 Å². The largest absolute Gasteiger partial charge is 0.490 e. The number of hydrogen-bond acceptors (Lipinski definition) is 4. The fraction of sp³-hybridized carbons (Fsp3) is 0.300. The summed E-state index contributed by atoms with van der Waals surface area (Å²) >= 11 is 0. The minimum atomic E-state index is -0.548. The molecule has 1 atom stereocenters. The van der Waals surface area contributed by atoms with Gasteiger partial charge in [-0.1, -0.05) is 12.1 Å². The Morgan fingerprint density at radius 1 is 1.11 bits per heavy atom. The Labute approximate surface area is 155 Å². The van der Waals surface area contributed by atoms with Gasteiger partial charge in [0.15, 0.2) is 11.5 Å². The lowest BCUT2D eigenvalue weighted by Crippen LogP contribution is -2.28.